The van der Waals surface area contributed by atoms with Gasteiger partial charge in [0.1, 0.15) is 0 Å². The molecule has 0 spiro atoms. The standard InChI is InChI=1S/C16H23NO4/c1-3-20-15(18)16(17-2,13-7-5-4-6-8-13)12-21-14-9-10-19-11-14/h4-8,14,17H,3,9-12H2,1-2H3. The van der Waals surface area contributed by atoms with Crippen LogP contribution < -0.4 is 5.32 Å². The largest absolute Gasteiger partial charge is 0.464 e. The first kappa shape index (κ1) is 15.9. The Kier molecular flexibility index (Phi) is 5.73. The molecule has 5 heteroatoms. The maximum Gasteiger partial charge on any atom is 0.333 e. The Hall–Kier alpha value is -1.43. The number of rotatable bonds is 7. The fourth-order valence-electron chi connectivity index (χ4n) is 2.44. The molecule has 0 bridgehead atoms. The van der Waals surface area contributed by atoms with E-state index < -0.39 is 5.54 Å². The van der Waals surface area contributed by atoms with E-state index in [9.17, 15) is 4.79 Å². The van der Waals surface area contributed by atoms with E-state index in [-0.39, 0.29) is 18.7 Å². The van der Waals surface area contributed by atoms with E-state index in [2.05, 4.69) is 5.32 Å². The van der Waals surface area contributed by atoms with Crippen LogP contribution in [0.5, 0.6) is 0 Å². The summed E-state index contributed by atoms with van der Waals surface area (Å²) in [6.07, 6.45) is 0.896. The Bertz CT molecular complexity index is 445. The molecule has 2 rings (SSSR count). The first-order chi connectivity index (χ1) is 10.2. The second kappa shape index (κ2) is 7.54. The van der Waals surface area contributed by atoms with Gasteiger partial charge in [0, 0.05) is 6.61 Å². The fraction of sp³-hybridized carbons (Fsp3) is 0.562. The molecule has 2 unspecified atom stereocenters. The van der Waals surface area contributed by atoms with Crippen LogP contribution in [0.2, 0.25) is 0 Å². The molecule has 0 aliphatic carbocycles. The minimum Gasteiger partial charge on any atom is -0.464 e. The van der Waals surface area contributed by atoms with Gasteiger partial charge >= 0.3 is 5.97 Å². The highest BCUT2D eigenvalue weighted by Crippen LogP contribution is 2.25. The average molecular weight is 293 g/mol. The van der Waals surface area contributed by atoms with Crippen molar-refractivity contribution < 1.29 is 19.0 Å². The van der Waals surface area contributed by atoms with Crippen LogP contribution in [0.4, 0.5) is 0 Å². The average Bonchev–Trinajstić information content (AvgIpc) is 3.03. The summed E-state index contributed by atoms with van der Waals surface area (Å²) >= 11 is 0. The Morgan fingerprint density at radius 3 is 2.76 bits per heavy atom. The molecule has 2 atom stereocenters. The summed E-state index contributed by atoms with van der Waals surface area (Å²) in [7, 11) is 1.75. The van der Waals surface area contributed by atoms with Gasteiger partial charge in [0.2, 0.25) is 0 Å². The first-order valence-corrected chi connectivity index (χ1v) is 7.34. The van der Waals surface area contributed by atoms with Crippen LogP contribution in [0.1, 0.15) is 18.9 Å². The van der Waals surface area contributed by atoms with E-state index in [1.807, 2.05) is 30.3 Å². The van der Waals surface area contributed by atoms with Crippen LogP contribution in [0.25, 0.3) is 0 Å². The van der Waals surface area contributed by atoms with Crippen LogP contribution >= 0.6 is 0 Å². The number of carbonyl (C=O) groups excluding carboxylic acids is 1. The smallest absolute Gasteiger partial charge is 0.333 e. The van der Waals surface area contributed by atoms with Gasteiger partial charge in [-0.05, 0) is 26.0 Å². The van der Waals surface area contributed by atoms with Crippen LogP contribution in [0.15, 0.2) is 30.3 Å². The number of carbonyl (C=O) groups is 1. The summed E-state index contributed by atoms with van der Waals surface area (Å²) in [4.78, 5) is 12.5. The monoisotopic (exact) mass is 293 g/mol. The van der Waals surface area contributed by atoms with E-state index in [0.717, 1.165) is 12.0 Å². The normalized spacial score (nSPS) is 21.0. The quantitative estimate of drug-likeness (QED) is 0.772. The Labute approximate surface area is 125 Å². The molecule has 1 N–H and O–H groups in total. The number of hydrogen-bond acceptors (Lipinski definition) is 5. The lowest BCUT2D eigenvalue weighted by Crippen LogP contribution is -2.52. The van der Waals surface area contributed by atoms with Gasteiger partial charge < -0.3 is 14.2 Å². The van der Waals surface area contributed by atoms with Crippen molar-refractivity contribution in [2.75, 3.05) is 33.5 Å². The molecule has 1 heterocycles. The zero-order chi connectivity index (χ0) is 15.1. The van der Waals surface area contributed by atoms with Gasteiger partial charge in [-0.2, -0.15) is 0 Å². The third kappa shape index (κ3) is 3.61. The molecule has 0 saturated carbocycles. The van der Waals surface area contributed by atoms with E-state index in [0.29, 0.717) is 19.8 Å². The topological polar surface area (TPSA) is 56.8 Å². The summed E-state index contributed by atoms with van der Waals surface area (Å²) in [5.74, 6) is -0.322. The van der Waals surface area contributed by atoms with Gasteiger partial charge in [-0.1, -0.05) is 30.3 Å². The summed E-state index contributed by atoms with van der Waals surface area (Å²) in [5, 5.41) is 3.10. The van der Waals surface area contributed by atoms with Crippen LogP contribution in [-0.2, 0) is 24.5 Å². The Morgan fingerprint density at radius 1 is 1.43 bits per heavy atom. The van der Waals surface area contributed by atoms with Crippen molar-refractivity contribution >= 4 is 5.97 Å². The van der Waals surface area contributed by atoms with Crippen molar-refractivity contribution in [3.63, 3.8) is 0 Å². The van der Waals surface area contributed by atoms with Crippen molar-refractivity contribution in [3.8, 4) is 0 Å². The van der Waals surface area contributed by atoms with Gasteiger partial charge in [-0.25, -0.2) is 4.79 Å². The number of hydrogen-bond donors (Lipinski definition) is 1. The van der Waals surface area contributed by atoms with E-state index in [1.54, 1.807) is 14.0 Å². The zero-order valence-electron chi connectivity index (χ0n) is 12.6. The number of esters is 1. The molecule has 1 aromatic carbocycles. The highest BCUT2D eigenvalue weighted by molar-refractivity contribution is 5.83. The number of benzene rings is 1. The third-order valence-corrected chi connectivity index (χ3v) is 3.74. The maximum absolute atomic E-state index is 12.5. The molecule has 5 nitrogen and oxygen atoms in total. The molecule has 1 aliphatic rings. The molecule has 1 aromatic rings. The van der Waals surface area contributed by atoms with Gasteiger partial charge in [-0.3, -0.25) is 5.32 Å². The molecule has 1 fully saturated rings. The van der Waals surface area contributed by atoms with Gasteiger partial charge in [0.05, 0.1) is 25.9 Å². The predicted molar refractivity (Wildman–Crippen MR) is 79.0 cm³/mol. The van der Waals surface area contributed by atoms with Crippen molar-refractivity contribution in [1.29, 1.82) is 0 Å². The summed E-state index contributed by atoms with van der Waals surface area (Å²) < 4.78 is 16.5. The number of nitrogens with one attached hydrogen (secondary N) is 1. The van der Waals surface area contributed by atoms with Crippen molar-refractivity contribution in [1.82, 2.24) is 5.32 Å². The second-order valence-electron chi connectivity index (χ2n) is 5.04. The molecular weight excluding hydrogens is 270 g/mol. The Balaban J connectivity index is 2.20. The minimum atomic E-state index is -0.986. The van der Waals surface area contributed by atoms with Crippen LogP contribution in [0.3, 0.4) is 0 Å². The fourth-order valence-corrected chi connectivity index (χ4v) is 2.44. The van der Waals surface area contributed by atoms with Gasteiger partial charge in [-0.15, -0.1) is 0 Å². The van der Waals surface area contributed by atoms with Gasteiger partial charge in [0.15, 0.2) is 5.54 Å². The summed E-state index contributed by atoms with van der Waals surface area (Å²) in [5.41, 5.74) is -0.148. The van der Waals surface area contributed by atoms with Crippen LogP contribution in [-0.4, -0.2) is 45.5 Å². The van der Waals surface area contributed by atoms with E-state index in [1.165, 1.54) is 0 Å². The zero-order valence-corrected chi connectivity index (χ0v) is 12.6. The lowest BCUT2D eigenvalue weighted by atomic mass is 9.90. The minimum absolute atomic E-state index is 0.0378. The molecule has 0 radical (unpaired) electrons. The highest BCUT2D eigenvalue weighted by Gasteiger charge is 2.41. The van der Waals surface area contributed by atoms with Crippen molar-refractivity contribution in [2.24, 2.45) is 0 Å². The lowest BCUT2D eigenvalue weighted by molar-refractivity contribution is -0.155. The van der Waals surface area contributed by atoms with Crippen molar-refractivity contribution in [2.45, 2.75) is 25.0 Å². The third-order valence-electron chi connectivity index (χ3n) is 3.74. The molecule has 1 saturated heterocycles. The summed E-state index contributed by atoms with van der Waals surface area (Å²) in [6.45, 7) is 3.65. The maximum atomic E-state index is 12.5. The molecule has 1 aliphatic heterocycles. The highest BCUT2D eigenvalue weighted by atomic mass is 16.6. The first-order valence-electron chi connectivity index (χ1n) is 7.34. The van der Waals surface area contributed by atoms with Crippen molar-refractivity contribution in [3.05, 3.63) is 35.9 Å². The number of likely N-dealkylation sites (N-methyl/N-ethyl adjacent to an activating group) is 1. The SMILES string of the molecule is CCOC(=O)C(COC1CCOC1)(NC)c1ccccc1. The molecule has 0 aromatic heterocycles. The predicted octanol–water partition coefficient (Wildman–Crippen LogP) is 1.47. The molecule has 116 valence electrons. The molecule has 0 amide bonds. The van der Waals surface area contributed by atoms with Crippen LogP contribution in [0, 0.1) is 0 Å². The number of ether oxygens (including phenoxy) is 3. The van der Waals surface area contributed by atoms with E-state index in [4.69, 9.17) is 14.2 Å². The molecule has 21 heavy (non-hydrogen) atoms. The Morgan fingerprint density at radius 2 is 2.19 bits per heavy atom. The lowest BCUT2D eigenvalue weighted by Gasteiger charge is -2.32. The second-order valence-corrected chi connectivity index (χ2v) is 5.04. The van der Waals surface area contributed by atoms with E-state index >= 15 is 0 Å². The van der Waals surface area contributed by atoms with Gasteiger partial charge in [0.25, 0.3) is 0 Å². The summed E-state index contributed by atoms with van der Waals surface area (Å²) in [6, 6.07) is 9.53. The molecular formula is C16H23NO4.